The van der Waals surface area contributed by atoms with E-state index in [0.29, 0.717) is 0 Å². The molecule has 0 spiro atoms. The molecule has 3 heterocycles. The average molecular weight is 393 g/mol. The maximum absolute atomic E-state index is 5.69. The van der Waals surface area contributed by atoms with Crippen LogP contribution in [-0.4, -0.2) is 33.2 Å². The molecule has 1 fully saturated rings. The van der Waals surface area contributed by atoms with Crippen LogP contribution in [-0.2, 0) is 0 Å². The van der Waals surface area contributed by atoms with Crippen LogP contribution in [0, 0.1) is 0 Å². The van der Waals surface area contributed by atoms with Gasteiger partial charge in [0.15, 0.2) is 5.11 Å². The summed E-state index contributed by atoms with van der Waals surface area (Å²) in [6, 6.07) is 18.4. The predicted molar refractivity (Wildman–Crippen MR) is 115 cm³/mol. The topological polar surface area (TPSA) is 42.3 Å². The van der Waals surface area contributed by atoms with Gasteiger partial charge in [-0.2, -0.15) is 0 Å². The SMILES string of the molecule is CCCN1C(=S)N[C@H](c2ccccn2)[C@H]1c1cccn1-c1cccc(OC)c1. The zero-order valence-electron chi connectivity index (χ0n) is 16.1. The second kappa shape index (κ2) is 8.02. The summed E-state index contributed by atoms with van der Waals surface area (Å²) in [6.07, 6.45) is 4.94. The standard InChI is InChI=1S/C22H24N4OS/c1-3-13-26-21(20(24-22(26)28)18-10-4-5-12-23-18)19-11-7-14-25(19)16-8-6-9-17(15-16)27-2/h4-12,14-15,20-21H,3,13H2,1-2H3,(H,24,28)/t20-,21-/m1/s1. The van der Waals surface area contributed by atoms with Crippen LogP contribution in [0.25, 0.3) is 5.69 Å². The molecule has 0 bridgehead atoms. The van der Waals surface area contributed by atoms with Crippen LogP contribution in [0.4, 0.5) is 0 Å². The molecule has 144 valence electrons. The number of hydrogen-bond donors (Lipinski definition) is 1. The van der Waals surface area contributed by atoms with E-state index in [2.05, 4.69) is 57.2 Å². The summed E-state index contributed by atoms with van der Waals surface area (Å²) >= 11 is 5.69. The molecule has 0 aliphatic carbocycles. The lowest BCUT2D eigenvalue weighted by Gasteiger charge is -2.28. The molecule has 2 aromatic heterocycles. The largest absolute Gasteiger partial charge is 0.497 e. The molecule has 0 radical (unpaired) electrons. The lowest BCUT2D eigenvalue weighted by molar-refractivity contribution is 0.309. The van der Waals surface area contributed by atoms with Gasteiger partial charge in [0.2, 0.25) is 0 Å². The van der Waals surface area contributed by atoms with Crippen molar-refractivity contribution in [1.29, 1.82) is 0 Å². The van der Waals surface area contributed by atoms with Crippen LogP contribution < -0.4 is 10.1 Å². The predicted octanol–water partition coefficient (Wildman–Crippen LogP) is 4.26. The van der Waals surface area contributed by atoms with Crippen molar-refractivity contribution < 1.29 is 4.74 Å². The number of hydrogen-bond acceptors (Lipinski definition) is 3. The van der Waals surface area contributed by atoms with Gasteiger partial charge in [0.05, 0.1) is 24.9 Å². The molecule has 4 rings (SSSR count). The number of benzene rings is 1. The molecule has 6 heteroatoms. The normalized spacial score (nSPS) is 18.9. The van der Waals surface area contributed by atoms with Crippen LogP contribution in [0.3, 0.4) is 0 Å². The number of nitrogens with one attached hydrogen (secondary N) is 1. The lowest BCUT2D eigenvalue weighted by atomic mass is 10.0. The van der Waals surface area contributed by atoms with E-state index in [0.717, 1.165) is 35.2 Å². The van der Waals surface area contributed by atoms with Crippen molar-refractivity contribution in [2.24, 2.45) is 0 Å². The van der Waals surface area contributed by atoms with E-state index in [4.69, 9.17) is 17.0 Å². The van der Waals surface area contributed by atoms with Crippen LogP contribution in [0.15, 0.2) is 67.0 Å². The van der Waals surface area contributed by atoms with Crippen molar-refractivity contribution in [3.05, 3.63) is 78.4 Å². The third-order valence-corrected chi connectivity index (χ3v) is 5.43. The maximum atomic E-state index is 5.69. The van der Waals surface area contributed by atoms with Gasteiger partial charge in [-0.15, -0.1) is 0 Å². The highest BCUT2D eigenvalue weighted by molar-refractivity contribution is 7.80. The smallest absolute Gasteiger partial charge is 0.170 e. The first-order chi connectivity index (χ1) is 13.7. The second-order valence-corrected chi connectivity index (χ2v) is 7.21. The number of aromatic nitrogens is 2. The third-order valence-electron chi connectivity index (χ3n) is 5.08. The summed E-state index contributed by atoms with van der Waals surface area (Å²) < 4.78 is 7.63. The van der Waals surface area contributed by atoms with Crippen molar-refractivity contribution in [3.8, 4) is 11.4 Å². The van der Waals surface area contributed by atoms with E-state index < -0.39 is 0 Å². The molecule has 1 aliphatic rings. The Morgan fingerprint density at radius 2 is 2.04 bits per heavy atom. The summed E-state index contributed by atoms with van der Waals surface area (Å²) in [5.74, 6) is 0.837. The summed E-state index contributed by atoms with van der Waals surface area (Å²) in [6.45, 7) is 3.07. The Morgan fingerprint density at radius 1 is 1.14 bits per heavy atom. The Labute approximate surface area is 171 Å². The van der Waals surface area contributed by atoms with Gasteiger partial charge in [0.1, 0.15) is 5.75 Å². The van der Waals surface area contributed by atoms with Crippen LogP contribution in [0.5, 0.6) is 5.75 Å². The highest BCUT2D eigenvalue weighted by Crippen LogP contribution is 2.39. The van der Waals surface area contributed by atoms with Gasteiger partial charge in [-0.25, -0.2) is 0 Å². The first kappa shape index (κ1) is 18.5. The minimum absolute atomic E-state index is 0.000456. The molecule has 5 nitrogen and oxygen atoms in total. The summed E-state index contributed by atoms with van der Waals surface area (Å²) in [5, 5.41) is 4.28. The van der Waals surface area contributed by atoms with Crippen molar-refractivity contribution in [1.82, 2.24) is 19.8 Å². The molecule has 1 aliphatic heterocycles. The number of nitrogens with zero attached hydrogens (tertiary/aromatic N) is 3. The Kier molecular flexibility index (Phi) is 5.30. The lowest BCUT2D eigenvalue weighted by Crippen LogP contribution is -2.31. The monoisotopic (exact) mass is 392 g/mol. The maximum Gasteiger partial charge on any atom is 0.170 e. The molecule has 28 heavy (non-hydrogen) atoms. The summed E-state index contributed by atoms with van der Waals surface area (Å²) in [5.41, 5.74) is 3.23. The van der Waals surface area contributed by atoms with E-state index in [1.54, 1.807) is 7.11 Å². The molecule has 0 saturated carbocycles. The number of rotatable bonds is 6. The second-order valence-electron chi connectivity index (χ2n) is 6.82. The van der Waals surface area contributed by atoms with Gasteiger partial charge in [-0.3, -0.25) is 4.98 Å². The fourth-order valence-electron chi connectivity index (χ4n) is 3.84. The highest BCUT2D eigenvalue weighted by Gasteiger charge is 2.40. The fourth-order valence-corrected chi connectivity index (χ4v) is 4.17. The fraction of sp³-hybridized carbons (Fsp3) is 0.273. The van der Waals surface area contributed by atoms with E-state index >= 15 is 0 Å². The van der Waals surface area contributed by atoms with Crippen molar-refractivity contribution in [3.63, 3.8) is 0 Å². The van der Waals surface area contributed by atoms with Crippen molar-refractivity contribution >= 4 is 17.3 Å². The summed E-state index contributed by atoms with van der Waals surface area (Å²) in [7, 11) is 1.69. The quantitative estimate of drug-likeness (QED) is 0.635. The van der Waals surface area contributed by atoms with Gasteiger partial charge in [0, 0.05) is 36.4 Å². The van der Waals surface area contributed by atoms with Crippen LogP contribution in [0.1, 0.15) is 36.8 Å². The zero-order valence-corrected chi connectivity index (χ0v) is 16.9. The highest BCUT2D eigenvalue weighted by atomic mass is 32.1. The minimum atomic E-state index is -0.000456. The summed E-state index contributed by atoms with van der Waals surface area (Å²) in [4.78, 5) is 6.88. The molecule has 1 saturated heterocycles. The zero-order chi connectivity index (χ0) is 19.5. The number of thiocarbonyl (C=S) groups is 1. The molecule has 2 atom stereocenters. The molecule has 1 aromatic carbocycles. The Balaban J connectivity index is 1.80. The Bertz CT molecular complexity index is 956. The van der Waals surface area contributed by atoms with Gasteiger partial charge >= 0.3 is 0 Å². The van der Waals surface area contributed by atoms with E-state index in [1.807, 2.05) is 36.5 Å². The average Bonchev–Trinajstić information content (AvgIpc) is 3.34. The minimum Gasteiger partial charge on any atom is -0.497 e. The van der Waals surface area contributed by atoms with E-state index in [-0.39, 0.29) is 12.1 Å². The molecule has 0 unspecified atom stereocenters. The van der Waals surface area contributed by atoms with Crippen molar-refractivity contribution in [2.45, 2.75) is 25.4 Å². The first-order valence-corrected chi connectivity index (χ1v) is 9.93. The van der Waals surface area contributed by atoms with Crippen LogP contribution in [0.2, 0.25) is 0 Å². The third kappa shape index (κ3) is 3.36. The number of pyridine rings is 1. The molecule has 0 amide bonds. The number of ether oxygens (including phenoxy) is 1. The van der Waals surface area contributed by atoms with E-state index in [9.17, 15) is 0 Å². The van der Waals surface area contributed by atoms with Crippen LogP contribution >= 0.6 is 12.2 Å². The van der Waals surface area contributed by atoms with Gasteiger partial charge in [0.25, 0.3) is 0 Å². The molecular weight excluding hydrogens is 368 g/mol. The van der Waals surface area contributed by atoms with E-state index in [1.165, 1.54) is 5.69 Å². The van der Waals surface area contributed by atoms with Gasteiger partial charge in [-0.05, 0) is 55.0 Å². The van der Waals surface area contributed by atoms with Gasteiger partial charge in [-0.1, -0.05) is 19.1 Å². The molecular formula is C22H24N4OS. The van der Waals surface area contributed by atoms with Gasteiger partial charge < -0.3 is 19.5 Å². The first-order valence-electron chi connectivity index (χ1n) is 9.52. The Hall–Kier alpha value is -2.86. The Morgan fingerprint density at radius 3 is 2.79 bits per heavy atom. The molecule has 3 aromatic rings. The van der Waals surface area contributed by atoms with Crippen molar-refractivity contribution in [2.75, 3.05) is 13.7 Å². The number of methoxy groups -OCH3 is 1. The molecule has 1 N–H and O–H groups in total.